The fourth-order valence-electron chi connectivity index (χ4n) is 1.67. The monoisotopic (exact) mass is 292 g/mol. The number of halogens is 1. The van der Waals surface area contributed by atoms with Gasteiger partial charge in [-0.25, -0.2) is 0 Å². The molecule has 0 atom stereocenters. The number of phenolic OH excluding ortho intramolecular Hbond substituents is 2. The molecular weight excluding hydrogens is 280 g/mol. The molecule has 4 nitrogen and oxygen atoms in total. The second-order valence-corrected chi connectivity index (χ2v) is 4.66. The molecule has 0 radical (unpaired) electrons. The summed E-state index contributed by atoms with van der Waals surface area (Å²) in [5.41, 5.74) is 1.29. The van der Waals surface area contributed by atoms with Crippen LogP contribution in [0.1, 0.15) is 11.1 Å². The van der Waals surface area contributed by atoms with E-state index in [4.69, 9.17) is 16.3 Å². The van der Waals surface area contributed by atoms with Crippen molar-refractivity contribution in [2.45, 2.75) is 13.0 Å². The Labute approximate surface area is 121 Å². The van der Waals surface area contributed by atoms with Gasteiger partial charge >= 0.3 is 5.97 Å². The van der Waals surface area contributed by atoms with Crippen molar-refractivity contribution in [3.63, 3.8) is 0 Å². The molecule has 0 saturated heterocycles. The average molecular weight is 293 g/mol. The normalized spacial score (nSPS) is 10.2. The quantitative estimate of drug-likeness (QED) is 0.671. The van der Waals surface area contributed by atoms with Gasteiger partial charge in [-0.2, -0.15) is 0 Å². The minimum atomic E-state index is -0.458. The number of hydrogen-bond acceptors (Lipinski definition) is 4. The van der Waals surface area contributed by atoms with Crippen LogP contribution < -0.4 is 0 Å². The molecule has 5 heteroatoms. The van der Waals surface area contributed by atoms with Crippen molar-refractivity contribution in [3.05, 3.63) is 58.6 Å². The zero-order chi connectivity index (χ0) is 14.5. The third-order valence-corrected chi connectivity index (χ3v) is 3.07. The van der Waals surface area contributed by atoms with Gasteiger partial charge < -0.3 is 14.9 Å². The van der Waals surface area contributed by atoms with Crippen molar-refractivity contribution < 1.29 is 19.7 Å². The lowest BCUT2D eigenvalue weighted by atomic mass is 10.1. The number of carbonyl (C=O) groups is 1. The molecule has 0 saturated carbocycles. The van der Waals surface area contributed by atoms with Crippen LogP contribution in [0.3, 0.4) is 0 Å². The fourth-order valence-corrected chi connectivity index (χ4v) is 1.90. The Kier molecular flexibility index (Phi) is 4.48. The van der Waals surface area contributed by atoms with Crippen LogP contribution in [0.4, 0.5) is 0 Å². The summed E-state index contributed by atoms with van der Waals surface area (Å²) in [6, 6.07) is 11.7. The summed E-state index contributed by atoms with van der Waals surface area (Å²) < 4.78 is 5.12. The average Bonchev–Trinajstić information content (AvgIpc) is 2.44. The molecule has 0 aliphatic heterocycles. The number of phenols is 2. The van der Waals surface area contributed by atoms with Crippen LogP contribution in [0.2, 0.25) is 5.02 Å². The Morgan fingerprint density at radius 2 is 1.75 bits per heavy atom. The summed E-state index contributed by atoms with van der Waals surface area (Å²) in [6.45, 7) is 0.182. The zero-order valence-corrected chi connectivity index (χ0v) is 11.3. The molecule has 0 heterocycles. The largest absolute Gasteiger partial charge is 0.504 e. The van der Waals surface area contributed by atoms with Crippen molar-refractivity contribution in [1.82, 2.24) is 0 Å². The van der Waals surface area contributed by atoms with Gasteiger partial charge in [0.25, 0.3) is 0 Å². The zero-order valence-electron chi connectivity index (χ0n) is 10.5. The summed E-state index contributed by atoms with van der Waals surface area (Å²) in [6.07, 6.45) is -0.0699. The van der Waals surface area contributed by atoms with E-state index in [0.29, 0.717) is 5.56 Å². The van der Waals surface area contributed by atoms with Crippen LogP contribution in [-0.4, -0.2) is 16.2 Å². The molecule has 2 N–H and O–H groups in total. The number of hydrogen-bond donors (Lipinski definition) is 2. The van der Waals surface area contributed by atoms with E-state index < -0.39 is 5.97 Å². The van der Waals surface area contributed by atoms with Crippen molar-refractivity contribution in [2.24, 2.45) is 0 Å². The predicted octanol–water partition coefficient (Wildman–Crippen LogP) is 3.04. The molecule has 0 bridgehead atoms. The molecule has 20 heavy (non-hydrogen) atoms. The third-order valence-electron chi connectivity index (χ3n) is 2.72. The molecule has 0 aliphatic carbocycles. The first-order valence-electron chi connectivity index (χ1n) is 5.96. The predicted molar refractivity (Wildman–Crippen MR) is 74.7 cm³/mol. The number of rotatable bonds is 4. The molecular formula is C15H13ClO4. The number of benzene rings is 2. The maximum absolute atomic E-state index is 11.7. The highest BCUT2D eigenvalue weighted by molar-refractivity contribution is 6.31. The topological polar surface area (TPSA) is 66.8 Å². The van der Waals surface area contributed by atoms with E-state index in [2.05, 4.69) is 0 Å². The maximum atomic E-state index is 11.7. The fraction of sp³-hybridized carbons (Fsp3) is 0.133. The van der Waals surface area contributed by atoms with Crippen molar-refractivity contribution in [2.75, 3.05) is 0 Å². The van der Waals surface area contributed by atoms with Crippen LogP contribution >= 0.6 is 11.6 Å². The minimum absolute atomic E-state index is 0.0699. The van der Waals surface area contributed by atoms with E-state index in [0.717, 1.165) is 5.56 Å². The second-order valence-electron chi connectivity index (χ2n) is 4.26. The maximum Gasteiger partial charge on any atom is 0.310 e. The SMILES string of the molecule is O=C(Cc1cc(O)c(O)cc1Cl)OCc1ccccc1. The molecule has 0 amide bonds. The highest BCUT2D eigenvalue weighted by Crippen LogP contribution is 2.31. The molecule has 0 aromatic heterocycles. The van der Waals surface area contributed by atoms with E-state index in [9.17, 15) is 15.0 Å². The minimum Gasteiger partial charge on any atom is -0.504 e. The smallest absolute Gasteiger partial charge is 0.310 e. The van der Waals surface area contributed by atoms with Crippen LogP contribution in [0.15, 0.2) is 42.5 Å². The van der Waals surface area contributed by atoms with E-state index in [1.165, 1.54) is 12.1 Å². The lowest BCUT2D eigenvalue weighted by Crippen LogP contribution is -2.08. The van der Waals surface area contributed by atoms with Gasteiger partial charge in [0.2, 0.25) is 0 Å². The van der Waals surface area contributed by atoms with E-state index >= 15 is 0 Å². The second kappa shape index (κ2) is 6.30. The van der Waals surface area contributed by atoms with Gasteiger partial charge in [-0.1, -0.05) is 41.9 Å². The summed E-state index contributed by atoms with van der Waals surface area (Å²) in [7, 11) is 0. The van der Waals surface area contributed by atoms with Gasteiger partial charge in [0.15, 0.2) is 11.5 Å². The molecule has 0 spiro atoms. The van der Waals surface area contributed by atoms with Crippen molar-refractivity contribution >= 4 is 17.6 Å². The summed E-state index contributed by atoms with van der Waals surface area (Å²) in [5, 5.41) is 18.9. The first kappa shape index (κ1) is 14.2. The van der Waals surface area contributed by atoms with Crippen LogP contribution in [-0.2, 0) is 22.6 Å². The van der Waals surface area contributed by atoms with Crippen molar-refractivity contribution in [1.29, 1.82) is 0 Å². The molecule has 0 fully saturated rings. The van der Waals surface area contributed by atoms with Gasteiger partial charge in [-0.15, -0.1) is 0 Å². The van der Waals surface area contributed by atoms with Gasteiger partial charge in [0.1, 0.15) is 6.61 Å². The highest BCUT2D eigenvalue weighted by atomic mass is 35.5. The summed E-state index contributed by atoms with van der Waals surface area (Å²) in [4.78, 5) is 11.7. The number of ether oxygens (including phenoxy) is 1. The van der Waals surface area contributed by atoms with Gasteiger partial charge in [-0.05, 0) is 17.2 Å². The van der Waals surface area contributed by atoms with E-state index in [1.807, 2.05) is 30.3 Å². The Morgan fingerprint density at radius 3 is 2.45 bits per heavy atom. The molecule has 2 rings (SSSR count). The van der Waals surface area contributed by atoms with E-state index in [-0.39, 0.29) is 29.5 Å². The Hall–Kier alpha value is -2.20. The lowest BCUT2D eigenvalue weighted by Gasteiger charge is -2.07. The van der Waals surface area contributed by atoms with Gasteiger partial charge in [0.05, 0.1) is 6.42 Å². The molecule has 2 aromatic carbocycles. The van der Waals surface area contributed by atoms with Crippen LogP contribution in [0.25, 0.3) is 0 Å². The number of aromatic hydroxyl groups is 2. The standard InChI is InChI=1S/C15H13ClO4/c16-12-8-14(18)13(17)6-11(12)7-15(19)20-9-10-4-2-1-3-5-10/h1-6,8,17-18H,7,9H2. The summed E-state index contributed by atoms with van der Waals surface area (Å²) >= 11 is 5.88. The Bertz CT molecular complexity index is 611. The van der Waals surface area contributed by atoms with E-state index in [1.54, 1.807) is 0 Å². The van der Waals surface area contributed by atoms with Crippen LogP contribution in [0.5, 0.6) is 11.5 Å². The first-order chi connectivity index (χ1) is 9.56. The molecule has 0 aliphatic rings. The molecule has 0 unspecified atom stereocenters. The number of carbonyl (C=O) groups excluding carboxylic acids is 1. The Morgan fingerprint density at radius 1 is 1.10 bits per heavy atom. The molecule has 104 valence electrons. The Balaban J connectivity index is 1.97. The third kappa shape index (κ3) is 3.65. The highest BCUT2D eigenvalue weighted by Gasteiger charge is 2.12. The number of esters is 1. The van der Waals surface area contributed by atoms with Crippen molar-refractivity contribution in [3.8, 4) is 11.5 Å². The van der Waals surface area contributed by atoms with Gasteiger partial charge in [0, 0.05) is 11.1 Å². The van der Waals surface area contributed by atoms with Crippen LogP contribution in [0, 0.1) is 0 Å². The molecule has 2 aromatic rings. The lowest BCUT2D eigenvalue weighted by molar-refractivity contribution is -0.144. The van der Waals surface area contributed by atoms with Gasteiger partial charge in [-0.3, -0.25) is 4.79 Å². The first-order valence-corrected chi connectivity index (χ1v) is 6.34. The summed E-state index contributed by atoms with van der Waals surface area (Å²) in [5.74, 6) is -1.10.